The molecule has 0 spiro atoms. The average molecular weight is 116 g/mol. The monoisotopic (exact) mass is 116 g/mol. The lowest BCUT2D eigenvalue weighted by atomic mass is 10.3. The Balaban J connectivity index is 2.26. The zero-order chi connectivity index (χ0) is 6.15. The van der Waals surface area contributed by atoms with Crippen LogP contribution in [0.25, 0.3) is 0 Å². The molecule has 2 N–H and O–H groups in total. The molecular formula is C5H8O3. The minimum absolute atomic E-state index is 0.0248. The summed E-state index contributed by atoms with van der Waals surface area (Å²) in [6, 6.07) is 0. The molecule has 0 saturated heterocycles. The van der Waals surface area contributed by atoms with Gasteiger partial charge in [0, 0.05) is 6.61 Å². The third kappa shape index (κ3) is 0.816. The molecule has 0 heterocycles. The second-order valence-corrected chi connectivity index (χ2v) is 2.12. The summed E-state index contributed by atoms with van der Waals surface area (Å²) < 4.78 is 0. The summed E-state index contributed by atoms with van der Waals surface area (Å²) in [6.07, 6.45) is 0.659. The minimum atomic E-state index is -0.774. The lowest BCUT2D eigenvalue weighted by molar-refractivity contribution is -0.139. The molecule has 2 atom stereocenters. The average Bonchev–Trinajstić information content (AvgIpc) is 2.42. The molecule has 0 aromatic heterocycles. The highest BCUT2D eigenvalue weighted by Gasteiger charge is 2.42. The second-order valence-electron chi connectivity index (χ2n) is 2.12. The van der Waals surface area contributed by atoms with E-state index >= 15 is 0 Å². The molecule has 8 heavy (non-hydrogen) atoms. The summed E-state index contributed by atoms with van der Waals surface area (Å²) in [5, 5.41) is 16.6. The first-order chi connectivity index (χ1) is 3.75. The maximum Gasteiger partial charge on any atom is 0.306 e. The van der Waals surface area contributed by atoms with Crippen LogP contribution in [0.5, 0.6) is 0 Å². The van der Waals surface area contributed by atoms with E-state index in [0.29, 0.717) is 6.42 Å². The zero-order valence-electron chi connectivity index (χ0n) is 4.37. The van der Waals surface area contributed by atoms with Crippen molar-refractivity contribution < 1.29 is 15.0 Å². The lowest BCUT2D eigenvalue weighted by Gasteiger charge is -1.84. The first kappa shape index (κ1) is 5.56. The highest BCUT2D eigenvalue weighted by molar-refractivity contribution is 5.73. The van der Waals surface area contributed by atoms with Crippen LogP contribution in [-0.2, 0) is 4.79 Å². The van der Waals surface area contributed by atoms with Crippen LogP contribution >= 0.6 is 0 Å². The lowest BCUT2D eigenvalue weighted by Crippen LogP contribution is -2.00. The number of hydrogen-bond donors (Lipinski definition) is 2. The fourth-order valence-corrected chi connectivity index (χ4v) is 0.752. The zero-order valence-corrected chi connectivity index (χ0v) is 4.37. The maximum atomic E-state index is 10.0. The number of hydrogen-bond acceptors (Lipinski definition) is 2. The Hall–Kier alpha value is -0.570. The van der Waals surface area contributed by atoms with Gasteiger partial charge >= 0.3 is 5.97 Å². The highest BCUT2D eigenvalue weighted by atomic mass is 16.4. The van der Waals surface area contributed by atoms with Crippen molar-refractivity contribution in [3.05, 3.63) is 0 Å². The molecular weight excluding hydrogens is 108 g/mol. The standard InChI is InChI=1S/C5H8O3/c6-2-3-1-4(3)5(7)8/h3-4,6H,1-2H2,(H,7,8)/t3-,4+/m0/s1. The first-order valence-electron chi connectivity index (χ1n) is 2.59. The summed E-state index contributed by atoms with van der Waals surface area (Å²) in [5.74, 6) is -0.975. The van der Waals surface area contributed by atoms with Crippen LogP contribution in [0.1, 0.15) is 6.42 Å². The topological polar surface area (TPSA) is 57.5 Å². The van der Waals surface area contributed by atoms with E-state index in [1.807, 2.05) is 0 Å². The van der Waals surface area contributed by atoms with Gasteiger partial charge in [0.2, 0.25) is 0 Å². The predicted molar refractivity (Wildman–Crippen MR) is 26.3 cm³/mol. The summed E-state index contributed by atoms with van der Waals surface area (Å²) in [5.41, 5.74) is 0. The van der Waals surface area contributed by atoms with Crippen molar-refractivity contribution in [1.82, 2.24) is 0 Å². The summed E-state index contributed by atoms with van der Waals surface area (Å²) in [7, 11) is 0. The third-order valence-corrected chi connectivity index (χ3v) is 1.47. The fourth-order valence-electron chi connectivity index (χ4n) is 0.752. The SMILES string of the molecule is O=C(O)[C@@H]1C[C@H]1CO. The van der Waals surface area contributed by atoms with Crippen LogP contribution in [0, 0.1) is 11.8 Å². The molecule has 0 radical (unpaired) electrons. The van der Waals surface area contributed by atoms with Crippen molar-refractivity contribution in [2.75, 3.05) is 6.61 Å². The number of aliphatic carboxylic acids is 1. The smallest absolute Gasteiger partial charge is 0.306 e. The largest absolute Gasteiger partial charge is 0.481 e. The van der Waals surface area contributed by atoms with E-state index < -0.39 is 5.97 Å². The number of carbonyl (C=O) groups is 1. The van der Waals surface area contributed by atoms with Crippen LogP contribution in [-0.4, -0.2) is 22.8 Å². The van der Waals surface area contributed by atoms with Crippen LogP contribution in [0.3, 0.4) is 0 Å². The Bertz CT molecular complexity index is 110. The van der Waals surface area contributed by atoms with Gasteiger partial charge in [-0.05, 0) is 12.3 Å². The molecule has 1 saturated carbocycles. The van der Waals surface area contributed by atoms with Crippen molar-refractivity contribution in [2.24, 2.45) is 11.8 Å². The summed E-state index contributed by atoms with van der Waals surface area (Å²) in [6.45, 7) is 0.0248. The Labute approximate surface area is 46.9 Å². The van der Waals surface area contributed by atoms with E-state index in [1.54, 1.807) is 0 Å². The number of rotatable bonds is 2. The van der Waals surface area contributed by atoms with Crippen molar-refractivity contribution in [3.8, 4) is 0 Å². The summed E-state index contributed by atoms with van der Waals surface area (Å²) in [4.78, 5) is 10.0. The summed E-state index contributed by atoms with van der Waals surface area (Å²) >= 11 is 0. The first-order valence-corrected chi connectivity index (χ1v) is 2.59. The van der Waals surface area contributed by atoms with Crippen LogP contribution in [0.2, 0.25) is 0 Å². The Kier molecular flexibility index (Phi) is 1.21. The normalized spacial score (nSPS) is 34.6. The van der Waals surface area contributed by atoms with E-state index in [-0.39, 0.29) is 18.4 Å². The number of aliphatic hydroxyl groups excluding tert-OH is 1. The highest BCUT2D eigenvalue weighted by Crippen LogP contribution is 2.37. The Morgan fingerprint density at radius 1 is 1.75 bits per heavy atom. The number of carboxylic acids is 1. The molecule has 0 bridgehead atoms. The van der Waals surface area contributed by atoms with Crippen molar-refractivity contribution >= 4 is 5.97 Å². The van der Waals surface area contributed by atoms with Crippen molar-refractivity contribution in [2.45, 2.75) is 6.42 Å². The van der Waals surface area contributed by atoms with Crippen LogP contribution in [0.15, 0.2) is 0 Å². The van der Waals surface area contributed by atoms with E-state index in [1.165, 1.54) is 0 Å². The maximum absolute atomic E-state index is 10.0. The molecule has 1 aliphatic rings. The molecule has 1 rings (SSSR count). The number of aliphatic hydroxyl groups is 1. The molecule has 0 amide bonds. The van der Waals surface area contributed by atoms with Gasteiger partial charge in [0.1, 0.15) is 0 Å². The van der Waals surface area contributed by atoms with Gasteiger partial charge in [-0.15, -0.1) is 0 Å². The molecule has 0 unspecified atom stereocenters. The molecule has 1 fully saturated rings. The Morgan fingerprint density at radius 2 is 2.38 bits per heavy atom. The van der Waals surface area contributed by atoms with Gasteiger partial charge < -0.3 is 10.2 Å². The van der Waals surface area contributed by atoms with E-state index in [4.69, 9.17) is 10.2 Å². The van der Waals surface area contributed by atoms with Crippen molar-refractivity contribution in [3.63, 3.8) is 0 Å². The fraction of sp³-hybridized carbons (Fsp3) is 0.800. The van der Waals surface area contributed by atoms with Gasteiger partial charge in [-0.25, -0.2) is 0 Å². The molecule has 0 aromatic carbocycles. The second kappa shape index (κ2) is 1.74. The van der Waals surface area contributed by atoms with Gasteiger partial charge in [0.15, 0.2) is 0 Å². The van der Waals surface area contributed by atoms with Gasteiger partial charge in [-0.1, -0.05) is 0 Å². The van der Waals surface area contributed by atoms with Gasteiger partial charge in [0.25, 0.3) is 0 Å². The quantitative estimate of drug-likeness (QED) is 0.520. The van der Waals surface area contributed by atoms with E-state index in [9.17, 15) is 4.79 Å². The van der Waals surface area contributed by atoms with Gasteiger partial charge in [-0.3, -0.25) is 4.79 Å². The third-order valence-electron chi connectivity index (χ3n) is 1.47. The van der Waals surface area contributed by atoms with Crippen LogP contribution < -0.4 is 0 Å². The van der Waals surface area contributed by atoms with E-state index in [0.717, 1.165) is 0 Å². The molecule has 46 valence electrons. The predicted octanol–water partition coefficient (Wildman–Crippen LogP) is -0.301. The Morgan fingerprint density at radius 3 is 2.50 bits per heavy atom. The van der Waals surface area contributed by atoms with Gasteiger partial charge in [0.05, 0.1) is 5.92 Å². The number of carboxylic acid groups (broad SMARTS) is 1. The van der Waals surface area contributed by atoms with Crippen LogP contribution in [0.4, 0.5) is 0 Å². The molecule has 0 aliphatic heterocycles. The van der Waals surface area contributed by atoms with Gasteiger partial charge in [-0.2, -0.15) is 0 Å². The molecule has 0 aromatic rings. The molecule has 3 nitrogen and oxygen atoms in total. The molecule has 3 heteroatoms. The van der Waals surface area contributed by atoms with E-state index in [2.05, 4.69) is 0 Å². The minimum Gasteiger partial charge on any atom is -0.481 e. The molecule has 1 aliphatic carbocycles. The van der Waals surface area contributed by atoms with Crippen molar-refractivity contribution in [1.29, 1.82) is 0 Å².